The quantitative estimate of drug-likeness (QED) is 0.736. The molecule has 1 aliphatic heterocycles. The van der Waals surface area contributed by atoms with Gasteiger partial charge in [0, 0.05) is 17.7 Å². The Morgan fingerprint density at radius 3 is 2.74 bits per heavy atom. The molecule has 1 saturated heterocycles. The highest BCUT2D eigenvalue weighted by Gasteiger charge is 2.28. The van der Waals surface area contributed by atoms with Crippen LogP contribution < -0.4 is 10.5 Å². The lowest BCUT2D eigenvalue weighted by atomic mass is 9.97. The molecule has 0 unspecified atom stereocenters. The number of nitrogens with zero attached hydrogens (tertiary/aromatic N) is 1. The molecule has 3 rings (SSSR count). The van der Waals surface area contributed by atoms with Gasteiger partial charge < -0.3 is 14.6 Å². The zero-order valence-electron chi connectivity index (χ0n) is 16.7. The van der Waals surface area contributed by atoms with E-state index in [1.807, 2.05) is 0 Å². The molecule has 0 aromatic carbocycles. The Kier molecular flexibility index (Phi) is 6.32. The molecule has 6 nitrogen and oxygen atoms in total. The summed E-state index contributed by atoms with van der Waals surface area (Å²) in [6.45, 7) is 8.97. The fourth-order valence-corrected chi connectivity index (χ4v) is 4.96. The van der Waals surface area contributed by atoms with Gasteiger partial charge >= 0.3 is 5.97 Å². The van der Waals surface area contributed by atoms with Crippen molar-refractivity contribution in [1.82, 2.24) is 9.97 Å². The molecule has 1 fully saturated rings. The van der Waals surface area contributed by atoms with Crippen molar-refractivity contribution in [2.24, 2.45) is 11.8 Å². The molecule has 0 bridgehead atoms. The van der Waals surface area contributed by atoms with Crippen LogP contribution in [0.25, 0.3) is 10.2 Å². The van der Waals surface area contributed by atoms with Gasteiger partial charge in [0.2, 0.25) is 0 Å². The largest absolute Gasteiger partial charge is 0.469 e. The van der Waals surface area contributed by atoms with Crippen LogP contribution >= 0.6 is 11.3 Å². The minimum absolute atomic E-state index is 0.0105. The number of likely N-dealkylation sites (tertiary alicyclic amines) is 1. The van der Waals surface area contributed by atoms with Crippen LogP contribution in [-0.4, -0.2) is 36.1 Å². The lowest BCUT2D eigenvalue weighted by molar-refractivity contribution is -0.920. The van der Waals surface area contributed by atoms with Crippen molar-refractivity contribution >= 4 is 27.5 Å². The Morgan fingerprint density at radius 2 is 2.11 bits per heavy atom. The van der Waals surface area contributed by atoms with E-state index in [1.54, 1.807) is 11.3 Å². The SMILES string of the molecule is CC[C@H](C)Cc1c(C)sc2nc(C[NH+]3CCC(C(=O)OC)CC3)[nH]c(=O)c12. The highest BCUT2D eigenvalue weighted by atomic mass is 32.1. The third-order valence-corrected chi connectivity index (χ3v) is 6.85. The zero-order valence-corrected chi connectivity index (χ0v) is 17.5. The van der Waals surface area contributed by atoms with Gasteiger partial charge in [-0.1, -0.05) is 20.3 Å². The van der Waals surface area contributed by atoms with Gasteiger partial charge in [0.15, 0.2) is 5.82 Å². The zero-order chi connectivity index (χ0) is 19.6. The minimum Gasteiger partial charge on any atom is -0.469 e. The number of hydrogen-bond acceptors (Lipinski definition) is 5. The van der Waals surface area contributed by atoms with Gasteiger partial charge in [-0.3, -0.25) is 9.59 Å². The molecule has 0 radical (unpaired) electrons. The number of carbonyl (C=O) groups is 1. The van der Waals surface area contributed by atoms with Gasteiger partial charge in [-0.15, -0.1) is 11.3 Å². The van der Waals surface area contributed by atoms with E-state index in [1.165, 1.54) is 16.9 Å². The Hall–Kier alpha value is -1.73. The molecule has 0 aliphatic carbocycles. The number of hydrogen-bond donors (Lipinski definition) is 2. The maximum Gasteiger partial charge on any atom is 0.309 e. The molecule has 0 spiro atoms. The molecule has 1 atom stereocenters. The lowest BCUT2D eigenvalue weighted by Gasteiger charge is -2.27. The van der Waals surface area contributed by atoms with Crippen LogP contribution in [0.15, 0.2) is 4.79 Å². The first-order chi connectivity index (χ1) is 12.9. The van der Waals surface area contributed by atoms with Crippen molar-refractivity contribution in [3.63, 3.8) is 0 Å². The van der Waals surface area contributed by atoms with Crippen LogP contribution in [0.5, 0.6) is 0 Å². The molecule has 27 heavy (non-hydrogen) atoms. The van der Waals surface area contributed by atoms with Crippen LogP contribution in [-0.2, 0) is 22.5 Å². The fraction of sp³-hybridized carbons (Fsp3) is 0.650. The van der Waals surface area contributed by atoms with Gasteiger partial charge in [-0.2, -0.15) is 0 Å². The second kappa shape index (κ2) is 8.52. The summed E-state index contributed by atoms with van der Waals surface area (Å²) in [5, 5.41) is 0.779. The van der Waals surface area contributed by atoms with Crippen molar-refractivity contribution < 1.29 is 14.4 Å². The summed E-state index contributed by atoms with van der Waals surface area (Å²) in [4.78, 5) is 35.6. The van der Waals surface area contributed by atoms with Crippen molar-refractivity contribution in [1.29, 1.82) is 0 Å². The number of piperidine rings is 1. The first-order valence-corrected chi connectivity index (χ1v) is 10.7. The van der Waals surface area contributed by atoms with Crippen molar-refractivity contribution in [3.8, 4) is 0 Å². The number of aromatic nitrogens is 2. The molecule has 2 aromatic heterocycles. The summed E-state index contributed by atoms with van der Waals surface area (Å²) in [5.74, 6) is 1.21. The number of quaternary nitrogens is 1. The van der Waals surface area contributed by atoms with E-state index in [0.717, 1.165) is 60.4 Å². The number of ether oxygens (including phenoxy) is 1. The lowest BCUT2D eigenvalue weighted by Crippen LogP contribution is -3.12. The Balaban J connectivity index is 1.76. The van der Waals surface area contributed by atoms with Crippen molar-refractivity contribution in [2.75, 3.05) is 20.2 Å². The summed E-state index contributed by atoms with van der Waals surface area (Å²) in [5.41, 5.74) is 1.15. The topological polar surface area (TPSA) is 76.5 Å². The van der Waals surface area contributed by atoms with Gasteiger partial charge in [-0.25, -0.2) is 4.98 Å². The second-order valence-electron chi connectivity index (χ2n) is 7.77. The number of aryl methyl sites for hydroxylation is 1. The van der Waals surface area contributed by atoms with E-state index in [9.17, 15) is 9.59 Å². The molecule has 0 saturated carbocycles. The van der Waals surface area contributed by atoms with Gasteiger partial charge in [0.25, 0.3) is 5.56 Å². The first kappa shape index (κ1) is 20.0. The van der Waals surface area contributed by atoms with Crippen LogP contribution in [0.2, 0.25) is 0 Å². The highest BCUT2D eigenvalue weighted by Crippen LogP contribution is 2.29. The summed E-state index contributed by atoms with van der Waals surface area (Å²) in [6, 6.07) is 0. The predicted octanol–water partition coefficient (Wildman–Crippen LogP) is 1.85. The molecule has 2 N–H and O–H groups in total. The Labute approximate surface area is 163 Å². The molecule has 2 aromatic rings. The molecule has 3 heterocycles. The molecular weight excluding hydrogens is 362 g/mol. The third kappa shape index (κ3) is 4.41. The molecule has 148 valence electrons. The molecular formula is C20H30N3O3S+. The van der Waals surface area contributed by atoms with E-state index < -0.39 is 0 Å². The normalized spacial score (nSPS) is 21.3. The van der Waals surface area contributed by atoms with Crippen molar-refractivity contribution in [3.05, 3.63) is 26.6 Å². The number of nitrogens with one attached hydrogen (secondary N) is 2. The maximum absolute atomic E-state index is 12.8. The number of thiophene rings is 1. The number of fused-ring (bicyclic) bond motifs is 1. The summed E-state index contributed by atoms with van der Waals surface area (Å²) < 4.78 is 4.85. The Morgan fingerprint density at radius 1 is 1.41 bits per heavy atom. The number of carbonyl (C=O) groups excluding carboxylic acids is 1. The number of methoxy groups -OCH3 is 1. The molecule has 1 aliphatic rings. The number of H-pyrrole nitrogens is 1. The summed E-state index contributed by atoms with van der Waals surface area (Å²) >= 11 is 1.63. The van der Waals surface area contributed by atoms with E-state index in [2.05, 4.69) is 25.8 Å². The second-order valence-corrected chi connectivity index (χ2v) is 8.97. The predicted molar refractivity (Wildman–Crippen MR) is 107 cm³/mol. The number of rotatable bonds is 6. The van der Waals surface area contributed by atoms with Crippen LogP contribution in [0.1, 0.15) is 49.4 Å². The van der Waals surface area contributed by atoms with E-state index in [0.29, 0.717) is 12.5 Å². The van der Waals surface area contributed by atoms with Gasteiger partial charge in [0.1, 0.15) is 11.4 Å². The Bertz CT molecular complexity index is 865. The maximum atomic E-state index is 12.8. The minimum atomic E-state index is -0.107. The fourth-order valence-electron chi connectivity index (χ4n) is 3.88. The summed E-state index contributed by atoms with van der Waals surface area (Å²) in [6.07, 6.45) is 3.68. The standard InChI is InChI=1S/C20H29N3O3S/c1-5-12(2)10-15-13(3)27-19-17(15)18(24)21-16(22-19)11-23-8-6-14(7-9-23)20(25)26-4/h12,14H,5-11H2,1-4H3,(H,21,22,24)/p+1/t12-/m0/s1. The van der Waals surface area contributed by atoms with Gasteiger partial charge in [0.05, 0.1) is 31.5 Å². The number of esters is 1. The first-order valence-electron chi connectivity index (χ1n) is 9.85. The van der Waals surface area contributed by atoms with E-state index in [-0.39, 0.29) is 17.4 Å². The van der Waals surface area contributed by atoms with Crippen molar-refractivity contribution in [2.45, 2.75) is 53.0 Å². The van der Waals surface area contributed by atoms with Crippen LogP contribution in [0, 0.1) is 18.8 Å². The number of aromatic amines is 1. The van der Waals surface area contributed by atoms with E-state index >= 15 is 0 Å². The molecule has 0 amide bonds. The summed E-state index contributed by atoms with van der Waals surface area (Å²) in [7, 11) is 1.45. The van der Waals surface area contributed by atoms with Gasteiger partial charge in [-0.05, 0) is 24.8 Å². The molecule has 7 heteroatoms. The van der Waals surface area contributed by atoms with Crippen LogP contribution in [0.3, 0.4) is 0 Å². The monoisotopic (exact) mass is 392 g/mol. The van der Waals surface area contributed by atoms with Crippen LogP contribution in [0.4, 0.5) is 0 Å². The average Bonchev–Trinajstić information content (AvgIpc) is 2.97. The average molecular weight is 393 g/mol. The van der Waals surface area contributed by atoms with E-state index in [4.69, 9.17) is 9.72 Å². The third-order valence-electron chi connectivity index (χ3n) is 5.81. The highest BCUT2D eigenvalue weighted by molar-refractivity contribution is 7.18. The smallest absolute Gasteiger partial charge is 0.309 e.